The van der Waals surface area contributed by atoms with Crippen LogP contribution in [-0.4, -0.2) is 29.2 Å². The van der Waals surface area contributed by atoms with Gasteiger partial charge in [0.1, 0.15) is 15.9 Å². The Labute approximate surface area is 120 Å². The molecule has 1 N–H and O–H groups in total. The molecule has 1 heterocycles. The fourth-order valence-corrected chi connectivity index (χ4v) is 3.78. The van der Waals surface area contributed by atoms with Crippen LogP contribution in [0.5, 0.6) is 0 Å². The van der Waals surface area contributed by atoms with E-state index in [1.54, 1.807) is 19.9 Å². The van der Waals surface area contributed by atoms with Crippen LogP contribution in [0.15, 0.2) is 23.1 Å². The first-order chi connectivity index (χ1) is 9.33. The van der Waals surface area contributed by atoms with Crippen molar-refractivity contribution >= 4 is 38.8 Å². The molecule has 0 saturated carbocycles. The van der Waals surface area contributed by atoms with Crippen LogP contribution in [0.1, 0.15) is 13.8 Å². The zero-order chi connectivity index (χ0) is 14.9. The highest BCUT2D eigenvalue weighted by Gasteiger charge is 2.25. The van der Waals surface area contributed by atoms with Gasteiger partial charge in [0.2, 0.25) is 10.0 Å². The second-order valence-corrected chi connectivity index (χ2v) is 6.76. The van der Waals surface area contributed by atoms with E-state index in [0.29, 0.717) is 5.52 Å². The van der Waals surface area contributed by atoms with Gasteiger partial charge >= 0.3 is 0 Å². The van der Waals surface area contributed by atoms with Gasteiger partial charge in [-0.2, -0.15) is 8.75 Å². The Bertz CT molecular complexity index is 739. The summed E-state index contributed by atoms with van der Waals surface area (Å²) < 4.78 is 34.6. The van der Waals surface area contributed by atoms with E-state index in [9.17, 15) is 18.3 Å². The van der Waals surface area contributed by atoms with Crippen LogP contribution in [0, 0.1) is 5.92 Å². The van der Waals surface area contributed by atoms with E-state index in [1.165, 1.54) is 12.1 Å². The smallest absolute Gasteiger partial charge is 0.243 e. The van der Waals surface area contributed by atoms with Crippen LogP contribution < -0.4 is 9.83 Å². The standard InChI is InChI=1S/C11H13N3O4S2/c1-6(2)9(11(15)16)14-20(17,18)8-5-3-4-7-10(8)13-19-12-7/h3-6,9,14H,1-2H3,(H,15,16)/p-1. The van der Waals surface area contributed by atoms with Crippen molar-refractivity contribution in [1.82, 2.24) is 13.5 Å². The zero-order valence-electron chi connectivity index (χ0n) is 10.7. The number of aliphatic carboxylic acids is 1. The predicted octanol–water partition coefficient (Wildman–Crippen LogP) is -0.256. The lowest BCUT2D eigenvalue weighted by Gasteiger charge is -2.23. The number of nitrogens with one attached hydrogen (secondary N) is 1. The zero-order valence-corrected chi connectivity index (χ0v) is 12.4. The van der Waals surface area contributed by atoms with E-state index in [-0.39, 0.29) is 10.4 Å². The van der Waals surface area contributed by atoms with Gasteiger partial charge in [-0.15, -0.1) is 0 Å². The number of carboxylic acids is 1. The molecule has 0 spiro atoms. The molecule has 0 bridgehead atoms. The van der Waals surface area contributed by atoms with Crippen molar-refractivity contribution in [2.45, 2.75) is 24.8 Å². The Kier molecular flexibility index (Phi) is 4.02. The molecule has 1 aromatic carbocycles. The molecule has 2 rings (SSSR count). The average Bonchev–Trinajstić information content (AvgIpc) is 2.83. The fourth-order valence-electron chi connectivity index (χ4n) is 1.69. The summed E-state index contributed by atoms with van der Waals surface area (Å²) in [5.74, 6) is -1.91. The van der Waals surface area contributed by atoms with Crippen LogP contribution >= 0.6 is 11.7 Å². The topological polar surface area (TPSA) is 112 Å². The molecule has 0 saturated heterocycles. The maximum Gasteiger partial charge on any atom is 0.243 e. The van der Waals surface area contributed by atoms with Gasteiger partial charge in [0.25, 0.3) is 0 Å². The number of hydrogen-bond donors (Lipinski definition) is 1. The van der Waals surface area contributed by atoms with Crippen LogP contribution in [0.25, 0.3) is 11.0 Å². The highest BCUT2D eigenvalue weighted by molar-refractivity contribution is 7.89. The maximum atomic E-state index is 12.3. The first-order valence-electron chi connectivity index (χ1n) is 5.77. The molecule has 7 nitrogen and oxygen atoms in total. The van der Waals surface area contributed by atoms with Crippen LogP contribution in [0.3, 0.4) is 0 Å². The number of carbonyl (C=O) groups excluding carboxylic acids is 1. The minimum atomic E-state index is -4.01. The van der Waals surface area contributed by atoms with Gasteiger partial charge in [-0.05, 0) is 18.1 Å². The molecule has 9 heteroatoms. The Balaban J connectivity index is 2.45. The number of carbonyl (C=O) groups is 1. The lowest BCUT2D eigenvalue weighted by molar-refractivity contribution is -0.309. The van der Waals surface area contributed by atoms with Gasteiger partial charge in [-0.1, -0.05) is 19.9 Å². The monoisotopic (exact) mass is 314 g/mol. The summed E-state index contributed by atoms with van der Waals surface area (Å²) in [6.45, 7) is 3.18. The summed E-state index contributed by atoms with van der Waals surface area (Å²) in [6.07, 6.45) is 0. The summed E-state index contributed by atoms with van der Waals surface area (Å²) in [5, 5.41) is 11.0. The third-order valence-corrected chi connectivity index (χ3v) is 4.76. The van der Waals surface area contributed by atoms with Gasteiger partial charge in [-0.25, -0.2) is 13.1 Å². The van der Waals surface area contributed by atoms with Gasteiger partial charge in [0, 0.05) is 0 Å². The first kappa shape index (κ1) is 14.8. The molecule has 1 atom stereocenters. The molecule has 0 aliphatic rings. The summed E-state index contributed by atoms with van der Waals surface area (Å²) in [6, 6.07) is 3.22. The number of hydrogen-bond acceptors (Lipinski definition) is 7. The quantitative estimate of drug-likeness (QED) is 0.814. The summed E-state index contributed by atoms with van der Waals surface area (Å²) >= 11 is 0.894. The minimum absolute atomic E-state index is 0.0874. The Morgan fingerprint density at radius 3 is 2.65 bits per heavy atom. The summed E-state index contributed by atoms with van der Waals surface area (Å²) in [5.41, 5.74) is 0.679. The number of carboxylic acid groups (broad SMARTS) is 1. The Hall–Kier alpha value is -1.58. The van der Waals surface area contributed by atoms with Crippen LogP contribution in [-0.2, 0) is 14.8 Å². The molecule has 1 aromatic heterocycles. The van der Waals surface area contributed by atoms with Crippen molar-refractivity contribution in [3.05, 3.63) is 18.2 Å². The molecule has 0 aliphatic heterocycles. The molecule has 0 aliphatic carbocycles. The number of benzene rings is 1. The van der Waals surface area contributed by atoms with Crippen molar-refractivity contribution in [3.8, 4) is 0 Å². The van der Waals surface area contributed by atoms with Gasteiger partial charge in [0.05, 0.1) is 23.7 Å². The summed E-state index contributed by atoms with van der Waals surface area (Å²) in [4.78, 5) is 10.9. The summed E-state index contributed by atoms with van der Waals surface area (Å²) in [7, 11) is -4.01. The second kappa shape index (κ2) is 5.43. The van der Waals surface area contributed by atoms with Crippen molar-refractivity contribution in [1.29, 1.82) is 0 Å². The molecular weight excluding hydrogens is 302 g/mol. The van der Waals surface area contributed by atoms with Crippen molar-refractivity contribution in [3.63, 3.8) is 0 Å². The third-order valence-electron chi connectivity index (χ3n) is 2.74. The van der Waals surface area contributed by atoms with Gasteiger partial charge in [-0.3, -0.25) is 0 Å². The van der Waals surface area contributed by atoms with Crippen molar-refractivity contribution in [2.75, 3.05) is 0 Å². The van der Waals surface area contributed by atoms with E-state index in [1.807, 2.05) is 0 Å². The van der Waals surface area contributed by atoms with E-state index < -0.39 is 28.0 Å². The van der Waals surface area contributed by atoms with Crippen LogP contribution in [0.4, 0.5) is 0 Å². The van der Waals surface area contributed by atoms with E-state index in [4.69, 9.17) is 0 Å². The molecule has 108 valence electrons. The number of sulfonamides is 1. The molecule has 0 fully saturated rings. The van der Waals surface area contributed by atoms with E-state index in [0.717, 1.165) is 11.7 Å². The maximum absolute atomic E-state index is 12.3. The molecule has 20 heavy (non-hydrogen) atoms. The SMILES string of the molecule is CC(C)C(NS(=O)(=O)c1cccc2nsnc12)C(=O)[O-]. The number of fused-ring (bicyclic) bond motifs is 1. The minimum Gasteiger partial charge on any atom is -0.548 e. The van der Waals surface area contributed by atoms with E-state index >= 15 is 0 Å². The highest BCUT2D eigenvalue weighted by Crippen LogP contribution is 2.21. The lowest BCUT2D eigenvalue weighted by atomic mass is 10.1. The van der Waals surface area contributed by atoms with Gasteiger partial charge < -0.3 is 9.90 Å². The Morgan fingerprint density at radius 2 is 2.05 bits per heavy atom. The lowest BCUT2D eigenvalue weighted by Crippen LogP contribution is -2.50. The number of aromatic nitrogens is 2. The Morgan fingerprint density at radius 1 is 1.35 bits per heavy atom. The number of nitrogens with zero attached hydrogens (tertiary/aromatic N) is 2. The third kappa shape index (κ3) is 2.79. The molecule has 2 aromatic rings. The number of rotatable bonds is 5. The molecule has 0 amide bonds. The van der Waals surface area contributed by atoms with Crippen molar-refractivity contribution in [2.24, 2.45) is 5.92 Å². The predicted molar refractivity (Wildman–Crippen MR) is 71.4 cm³/mol. The van der Waals surface area contributed by atoms with Gasteiger partial charge in [0.15, 0.2) is 0 Å². The van der Waals surface area contributed by atoms with E-state index in [2.05, 4.69) is 13.5 Å². The molecule has 0 radical (unpaired) electrons. The second-order valence-electron chi connectivity index (χ2n) is 4.55. The average molecular weight is 314 g/mol. The van der Waals surface area contributed by atoms with Crippen LogP contribution in [0.2, 0.25) is 0 Å². The van der Waals surface area contributed by atoms with Crippen molar-refractivity contribution < 1.29 is 18.3 Å². The fraction of sp³-hybridized carbons (Fsp3) is 0.364. The first-order valence-corrected chi connectivity index (χ1v) is 7.99. The molecule has 1 unspecified atom stereocenters. The largest absolute Gasteiger partial charge is 0.548 e. The normalized spacial score (nSPS) is 13.8. The molecular formula is C11H12N3O4S2-. The highest BCUT2D eigenvalue weighted by atomic mass is 32.2.